The Morgan fingerprint density at radius 1 is 1.10 bits per heavy atom. The van der Waals surface area contributed by atoms with Gasteiger partial charge in [-0.1, -0.05) is 44.2 Å². The van der Waals surface area contributed by atoms with Crippen molar-refractivity contribution in [1.82, 2.24) is 9.80 Å². The highest BCUT2D eigenvalue weighted by Crippen LogP contribution is 2.09. The van der Waals surface area contributed by atoms with E-state index in [9.17, 15) is 4.79 Å². The summed E-state index contributed by atoms with van der Waals surface area (Å²) >= 11 is 0. The van der Waals surface area contributed by atoms with E-state index < -0.39 is 0 Å². The predicted molar refractivity (Wildman–Crippen MR) is 82.6 cm³/mol. The van der Waals surface area contributed by atoms with Crippen LogP contribution in [0.25, 0.3) is 0 Å². The zero-order valence-corrected chi connectivity index (χ0v) is 12.7. The monoisotopic (exact) mass is 274 g/mol. The molecule has 1 aromatic rings. The van der Waals surface area contributed by atoms with Gasteiger partial charge in [0, 0.05) is 39.1 Å². The second kappa shape index (κ2) is 7.44. The van der Waals surface area contributed by atoms with Crippen LogP contribution >= 0.6 is 0 Å². The summed E-state index contributed by atoms with van der Waals surface area (Å²) in [6.07, 6.45) is 1.78. The molecule has 2 rings (SSSR count). The summed E-state index contributed by atoms with van der Waals surface area (Å²) in [5.74, 6) is 0.779. The first kappa shape index (κ1) is 15.0. The molecular formula is C17H26N2O. The van der Waals surface area contributed by atoms with Gasteiger partial charge in [-0.3, -0.25) is 9.69 Å². The number of benzene rings is 1. The minimum atomic E-state index is 0.322. The molecule has 1 heterocycles. The Kier molecular flexibility index (Phi) is 5.60. The standard InChI is InChI=1S/C17H26N2O/c1-15(2)14-17(20)19-12-10-18(11-13-19)9-8-16-6-4-3-5-7-16/h3-7,15H,8-14H2,1-2H3. The quantitative estimate of drug-likeness (QED) is 0.823. The fraction of sp³-hybridized carbons (Fsp3) is 0.588. The van der Waals surface area contributed by atoms with Crippen molar-refractivity contribution in [1.29, 1.82) is 0 Å². The molecule has 3 nitrogen and oxygen atoms in total. The Bertz CT molecular complexity index is 408. The Labute approximate surface area is 122 Å². The molecule has 0 bridgehead atoms. The average Bonchev–Trinajstić information content (AvgIpc) is 2.46. The molecule has 0 aliphatic carbocycles. The molecule has 20 heavy (non-hydrogen) atoms. The molecule has 1 fully saturated rings. The zero-order valence-electron chi connectivity index (χ0n) is 12.7. The van der Waals surface area contributed by atoms with Gasteiger partial charge >= 0.3 is 0 Å². The summed E-state index contributed by atoms with van der Waals surface area (Å²) < 4.78 is 0. The first-order chi connectivity index (χ1) is 9.65. The summed E-state index contributed by atoms with van der Waals surface area (Å²) in [5, 5.41) is 0. The number of hydrogen-bond acceptors (Lipinski definition) is 2. The number of amides is 1. The Morgan fingerprint density at radius 2 is 1.75 bits per heavy atom. The molecule has 0 saturated carbocycles. The van der Waals surface area contributed by atoms with Gasteiger partial charge in [-0.25, -0.2) is 0 Å². The molecule has 1 saturated heterocycles. The number of carbonyl (C=O) groups is 1. The third-order valence-electron chi connectivity index (χ3n) is 3.87. The summed E-state index contributed by atoms with van der Waals surface area (Å²) in [7, 11) is 0. The van der Waals surface area contributed by atoms with Gasteiger partial charge in [0.1, 0.15) is 0 Å². The van der Waals surface area contributed by atoms with Crippen molar-refractivity contribution in [2.24, 2.45) is 5.92 Å². The Hall–Kier alpha value is -1.35. The summed E-state index contributed by atoms with van der Waals surface area (Å²) in [4.78, 5) is 16.5. The molecule has 0 aromatic heterocycles. The third kappa shape index (κ3) is 4.64. The van der Waals surface area contributed by atoms with E-state index in [1.807, 2.05) is 4.90 Å². The van der Waals surface area contributed by atoms with E-state index in [1.165, 1.54) is 5.56 Å². The summed E-state index contributed by atoms with van der Waals surface area (Å²) in [6.45, 7) is 9.10. The maximum atomic E-state index is 12.0. The van der Waals surface area contributed by atoms with E-state index in [0.717, 1.165) is 39.1 Å². The molecule has 1 amide bonds. The molecule has 0 unspecified atom stereocenters. The number of piperazine rings is 1. The molecular weight excluding hydrogens is 248 g/mol. The van der Waals surface area contributed by atoms with Crippen molar-refractivity contribution < 1.29 is 4.79 Å². The van der Waals surface area contributed by atoms with E-state index >= 15 is 0 Å². The van der Waals surface area contributed by atoms with Crippen molar-refractivity contribution in [2.75, 3.05) is 32.7 Å². The molecule has 0 N–H and O–H groups in total. The van der Waals surface area contributed by atoms with Gasteiger partial charge in [0.15, 0.2) is 0 Å². The van der Waals surface area contributed by atoms with Gasteiger partial charge < -0.3 is 4.90 Å². The molecule has 3 heteroatoms. The molecule has 110 valence electrons. The van der Waals surface area contributed by atoms with Gasteiger partial charge in [0.2, 0.25) is 5.91 Å². The molecule has 0 spiro atoms. The maximum Gasteiger partial charge on any atom is 0.222 e. The van der Waals surface area contributed by atoms with Crippen LogP contribution in [0.1, 0.15) is 25.8 Å². The number of carbonyl (C=O) groups excluding carboxylic acids is 1. The van der Waals surface area contributed by atoms with Crippen LogP contribution in [0.15, 0.2) is 30.3 Å². The Morgan fingerprint density at radius 3 is 2.35 bits per heavy atom. The maximum absolute atomic E-state index is 12.0. The molecule has 1 aliphatic rings. The van der Waals surface area contributed by atoms with Crippen LogP contribution in [-0.4, -0.2) is 48.4 Å². The van der Waals surface area contributed by atoms with Crippen LogP contribution < -0.4 is 0 Å². The van der Waals surface area contributed by atoms with Crippen molar-refractivity contribution >= 4 is 5.91 Å². The van der Waals surface area contributed by atoms with E-state index in [1.54, 1.807) is 0 Å². The predicted octanol–water partition coefficient (Wildman–Crippen LogP) is 2.42. The minimum Gasteiger partial charge on any atom is -0.340 e. The second-order valence-electron chi connectivity index (χ2n) is 6.06. The normalized spacial score (nSPS) is 16.6. The molecule has 1 aliphatic heterocycles. The van der Waals surface area contributed by atoms with Crippen molar-refractivity contribution in [3.05, 3.63) is 35.9 Å². The SMILES string of the molecule is CC(C)CC(=O)N1CCN(CCc2ccccc2)CC1. The fourth-order valence-corrected chi connectivity index (χ4v) is 2.63. The number of rotatable bonds is 5. The van der Waals surface area contributed by atoms with Gasteiger partial charge in [-0.2, -0.15) is 0 Å². The highest BCUT2D eigenvalue weighted by molar-refractivity contribution is 5.76. The first-order valence-electron chi connectivity index (χ1n) is 7.69. The topological polar surface area (TPSA) is 23.6 Å². The largest absolute Gasteiger partial charge is 0.340 e. The van der Waals surface area contributed by atoms with Crippen LogP contribution in [0.2, 0.25) is 0 Å². The number of hydrogen-bond donors (Lipinski definition) is 0. The van der Waals surface area contributed by atoms with Gasteiger partial charge in [0.25, 0.3) is 0 Å². The van der Waals surface area contributed by atoms with Crippen molar-refractivity contribution in [2.45, 2.75) is 26.7 Å². The molecule has 1 aromatic carbocycles. The third-order valence-corrected chi connectivity index (χ3v) is 3.87. The highest BCUT2D eigenvalue weighted by Gasteiger charge is 2.21. The van der Waals surface area contributed by atoms with Crippen LogP contribution in [0.5, 0.6) is 0 Å². The summed E-state index contributed by atoms with van der Waals surface area (Å²) in [6, 6.07) is 10.6. The van der Waals surface area contributed by atoms with Gasteiger partial charge in [-0.05, 0) is 17.9 Å². The van der Waals surface area contributed by atoms with Crippen LogP contribution in [-0.2, 0) is 11.2 Å². The van der Waals surface area contributed by atoms with E-state index in [0.29, 0.717) is 18.2 Å². The average molecular weight is 274 g/mol. The van der Waals surface area contributed by atoms with E-state index in [4.69, 9.17) is 0 Å². The molecule has 0 atom stereocenters. The van der Waals surface area contributed by atoms with E-state index in [-0.39, 0.29) is 0 Å². The lowest BCUT2D eigenvalue weighted by Gasteiger charge is -2.35. The zero-order chi connectivity index (χ0) is 14.4. The first-order valence-corrected chi connectivity index (χ1v) is 7.69. The summed E-state index contributed by atoms with van der Waals surface area (Å²) in [5.41, 5.74) is 1.39. The molecule has 0 radical (unpaired) electrons. The lowest BCUT2D eigenvalue weighted by atomic mass is 10.1. The highest BCUT2D eigenvalue weighted by atomic mass is 16.2. The lowest BCUT2D eigenvalue weighted by Crippen LogP contribution is -2.49. The van der Waals surface area contributed by atoms with Crippen molar-refractivity contribution in [3.63, 3.8) is 0 Å². The number of nitrogens with zero attached hydrogens (tertiary/aromatic N) is 2. The Balaban J connectivity index is 1.70. The smallest absolute Gasteiger partial charge is 0.222 e. The fourth-order valence-electron chi connectivity index (χ4n) is 2.63. The van der Waals surface area contributed by atoms with Crippen LogP contribution in [0.3, 0.4) is 0 Å². The van der Waals surface area contributed by atoms with Crippen molar-refractivity contribution in [3.8, 4) is 0 Å². The van der Waals surface area contributed by atoms with Crippen LogP contribution in [0.4, 0.5) is 0 Å². The van der Waals surface area contributed by atoms with Gasteiger partial charge in [0.05, 0.1) is 0 Å². The minimum absolute atomic E-state index is 0.322. The lowest BCUT2D eigenvalue weighted by molar-refractivity contribution is -0.133. The van der Waals surface area contributed by atoms with Crippen LogP contribution in [0, 0.1) is 5.92 Å². The second-order valence-corrected chi connectivity index (χ2v) is 6.06. The van der Waals surface area contributed by atoms with E-state index in [2.05, 4.69) is 49.1 Å². The van der Waals surface area contributed by atoms with Gasteiger partial charge in [-0.15, -0.1) is 0 Å².